The second kappa shape index (κ2) is 4.32. The van der Waals surface area contributed by atoms with Crippen LogP contribution in [0.25, 0.3) is 0 Å². The van der Waals surface area contributed by atoms with Gasteiger partial charge in [-0.1, -0.05) is 12.8 Å². The molecule has 0 aromatic carbocycles. The Morgan fingerprint density at radius 2 is 2.00 bits per heavy atom. The monoisotopic (exact) mass is 199 g/mol. The number of nitriles is 1. The molecule has 1 aliphatic heterocycles. The van der Waals surface area contributed by atoms with Gasteiger partial charge in [-0.3, -0.25) is 0 Å². The molecule has 1 fully saturated rings. The third-order valence-electron chi connectivity index (χ3n) is 2.81. The molecule has 1 aliphatic rings. The van der Waals surface area contributed by atoms with Crippen molar-refractivity contribution in [1.29, 1.82) is 5.26 Å². The van der Waals surface area contributed by atoms with Gasteiger partial charge in [0.1, 0.15) is 5.54 Å². The molecule has 0 saturated carbocycles. The van der Waals surface area contributed by atoms with E-state index in [2.05, 4.69) is 42.4 Å². The van der Waals surface area contributed by atoms with Crippen LogP contribution in [-0.4, -0.2) is 29.6 Å². The predicted octanol–water partition coefficient (Wildman–Crippen LogP) is 1.19. The minimum absolute atomic E-state index is 0.394. The second-order valence-electron chi connectivity index (χ2n) is 3.94. The molecule has 0 aromatic heterocycles. The predicted molar refractivity (Wildman–Crippen MR) is 56.4 cm³/mol. The molecule has 0 atom stereocenters. The lowest BCUT2D eigenvalue weighted by molar-refractivity contribution is 0.148. The van der Waals surface area contributed by atoms with E-state index in [1.165, 1.54) is 0 Å². The van der Waals surface area contributed by atoms with Crippen molar-refractivity contribution in [1.82, 2.24) is 9.62 Å². The zero-order valence-electron chi connectivity index (χ0n) is 8.25. The zero-order valence-corrected chi connectivity index (χ0v) is 9.14. The summed E-state index contributed by atoms with van der Waals surface area (Å²) < 4.78 is 2.83. The summed E-state index contributed by atoms with van der Waals surface area (Å²) in [6.07, 6.45) is 1.73. The third-order valence-corrected chi connectivity index (χ3v) is 3.24. The molecule has 1 saturated heterocycles. The van der Waals surface area contributed by atoms with Gasteiger partial charge in [0.05, 0.1) is 6.07 Å². The van der Waals surface area contributed by atoms with E-state index in [1.54, 1.807) is 0 Å². The standard InChI is InChI=1S/C9H17N3S/c1-8(2)12-5-3-9(7-10,11-13)4-6-12/h8,11,13H,3-6H2,1-2H3. The molecular weight excluding hydrogens is 182 g/mol. The van der Waals surface area contributed by atoms with Crippen molar-refractivity contribution in [3.05, 3.63) is 0 Å². The normalized spacial score (nSPS) is 23.0. The molecule has 0 radical (unpaired) electrons. The fourth-order valence-corrected chi connectivity index (χ4v) is 1.94. The maximum absolute atomic E-state index is 8.99. The van der Waals surface area contributed by atoms with Crippen molar-refractivity contribution in [3.8, 4) is 6.07 Å². The molecule has 0 unspecified atom stereocenters. The molecule has 1 N–H and O–H groups in total. The molecule has 0 spiro atoms. The first kappa shape index (κ1) is 10.8. The van der Waals surface area contributed by atoms with Gasteiger partial charge in [0.15, 0.2) is 0 Å². The maximum atomic E-state index is 8.99. The molecule has 3 nitrogen and oxygen atoms in total. The summed E-state index contributed by atoms with van der Waals surface area (Å²) in [5, 5.41) is 8.99. The largest absolute Gasteiger partial charge is 0.301 e. The molecule has 74 valence electrons. The van der Waals surface area contributed by atoms with Gasteiger partial charge in [-0.2, -0.15) is 5.26 Å². The fraction of sp³-hybridized carbons (Fsp3) is 0.889. The van der Waals surface area contributed by atoms with Gasteiger partial charge < -0.3 is 4.90 Å². The number of likely N-dealkylation sites (tertiary alicyclic amines) is 1. The van der Waals surface area contributed by atoms with Crippen LogP contribution < -0.4 is 4.72 Å². The van der Waals surface area contributed by atoms with Crippen molar-refractivity contribution in [2.24, 2.45) is 0 Å². The van der Waals surface area contributed by atoms with Gasteiger partial charge in [0, 0.05) is 19.1 Å². The Bertz CT molecular complexity index is 201. The lowest BCUT2D eigenvalue weighted by atomic mass is 9.90. The Morgan fingerprint density at radius 3 is 2.31 bits per heavy atom. The zero-order chi connectivity index (χ0) is 9.90. The minimum atomic E-state index is -0.394. The van der Waals surface area contributed by atoms with Gasteiger partial charge in [-0.25, -0.2) is 4.72 Å². The van der Waals surface area contributed by atoms with Gasteiger partial charge in [0.25, 0.3) is 0 Å². The third kappa shape index (κ3) is 2.37. The maximum Gasteiger partial charge on any atom is 0.117 e. The smallest absolute Gasteiger partial charge is 0.117 e. The van der Waals surface area contributed by atoms with Crippen LogP contribution in [0.3, 0.4) is 0 Å². The van der Waals surface area contributed by atoms with Crippen LogP contribution in [0.2, 0.25) is 0 Å². The van der Waals surface area contributed by atoms with E-state index in [9.17, 15) is 0 Å². The summed E-state index contributed by atoms with van der Waals surface area (Å²) in [7, 11) is 0. The SMILES string of the molecule is CC(C)N1CCC(C#N)(NS)CC1. The topological polar surface area (TPSA) is 39.1 Å². The van der Waals surface area contributed by atoms with Crippen LogP contribution >= 0.6 is 12.8 Å². The number of hydrogen-bond acceptors (Lipinski definition) is 4. The van der Waals surface area contributed by atoms with Gasteiger partial charge in [0.2, 0.25) is 0 Å². The van der Waals surface area contributed by atoms with Crippen molar-refractivity contribution in [2.45, 2.75) is 38.3 Å². The van der Waals surface area contributed by atoms with Crippen LogP contribution in [0.5, 0.6) is 0 Å². The van der Waals surface area contributed by atoms with E-state index < -0.39 is 5.54 Å². The van der Waals surface area contributed by atoms with Gasteiger partial charge >= 0.3 is 0 Å². The number of nitrogens with zero attached hydrogens (tertiary/aromatic N) is 2. The van der Waals surface area contributed by atoms with Gasteiger partial charge in [-0.05, 0) is 26.7 Å². The first-order chi connectivity index (χ1) is 6.13. The van der Waals surface area contributed by atoms with Crippen LogP contribution in [0.1, 0.15) is 26.7 Å². The summed E-state index contributed by atoms with van der Waals surface area (Å²) in [6, 6.07) is 2.89. The Kier molecular flexibility index (Phi) is 3.60. The fourth-order valence-electron chi connectivity index (χ4n) is 1.67. The Morgan fingerprint density at radius 1 is 1.46 bits per heavy atom. The van der Waals surface area contributed by atoms with Crippen LogP contribution in [0.15, 0.2) is 0 Å². The molecule has 4 heteroatoms. The van der Waals surface area contributed by atoms with Crippen LogP contribution in [0, 0.1) is 11.3 Å². The lowest BCUT2D eigenvalue weighted by Crippen LogP contribution is -2.51. The highest BCUT2D eigenvalue weighted by atomic mass is 32.1. The number of hydrogen-bond donors (Lipinski definition) is 2. The Balaban J connectivity index is 2.51. The minimum Gasteiger partial charge on any atom is -0.301 e. The Labute approximate surface area is 85.6 Å². The number of piperidine rings is 1. The quantitative estimate of drug-likeness (QED) is 0.656. The molecule has 1 heterocycles. The molecule has 0 aromatic rings. The van der Waals surface area contributed by atoms with Crippen molar-refractivity contribution < 1.29 is 0 Å². The van der Waals surface area contributed by atoms with E-state index in [4.69, 9.17) is 5.26 Å². The molecule has 13 heavy (non-hydrogen) atoms. The van der Waals surface area contributed by atoms with Crippen molar-refractivity contribution >= 4 is 12.8 Å². The summed E-state index contributed by atoms with van der Waals surface area (Å²) in [5.74, 6) is 0. The number of nitrogens with one attached hydrogen (secondary N) is 1. The van der Waals surface area contributed by atoms with Gasteiger partial charge in [-0.15, -0.1) is 0 Å². The molecule has 0 amide bonds. The first-order valence-electron chi connectivity index (χ1n) is 4.70. The highest BCUT2D eigenvalue weighted by Crippen LogP contribution is 2.23. The summed E-state index contributed by atoms with van der Waals surface area (Å²) in [4.78, 5) is 2.39. The average molecular weight is 199 g/mol. The molecular formula is C9H17N3S. The molecule has 0 aliphatic carbocycles. The van der Waals surface area contributed by atoms with E-state index in [1.807, 2.05) is 0 Å². The number of thiol groups is 1. The molecule has 1 rings (SSSR count). The average Bonchev–Trinajstić information content (AvgIpc) is 2.18. The van der Waals surface area contributed by atoms with Crippen molar-refractivity contribution in [2.75, 3.05) is 13.1 Å². The van der Waals surface area contributed by atoms with E-state index in [0.29, 0.717) is 6.04 Å². The van der Waals surface area contributed by atoms with E-state index in [-0.39, 0.29) is 0 Å². The Hall–Kier alpha value is -0.240. The summed E-state index contributed by atoms with van der Waals surface area (Å²) >= 11 is 4.02. The summed E-state index contributed by atoms with van der Waals surface area (Å²) in [6.45, 7) is 6.35. The number of rotatable bonds is 2. The highest BCUT2D eigenvalue weighted by Gasteiger charge is 2.33. The lowest BCUT2D eigenvalue weighted by Gasteiger charge is -2.38. The molecule has 0 bridgehead atoms. The summed E-state index contributed by atoms with van der Waals surface area (Å²) in [5.41, 5.74) is -0.394. The van der Waals surface area contributed by atoms with E-state index >= 15 is 0 Å². The van der Waals surface area contributed by atoms with E-state index in [0.717, 1.165) is 25.9 Å². The first-order valence-corrected chi connectivity index (χ1v) is 5.15. The van der Waals surface area contributed by atoms with Crippen molar-refractivity contribution in [3.63, 3.8) is 0 Å². The highest BCUT2D eigenvalue weighted by molar-refractivity contribution is 7.78. The van der Waals surface area contributed by atoms with Crippen LogP contribution in [0.4, 0.5) is 0 Å². The second-order valence-corrected chi connectivity index (χ2v) is 4.16. The van der Waals surface area contributed by atoms with Crippen LogP contribution in [-0.2, 0) is 0 Å².